The lowest BCUT2D eigenvalue weighted by Gasteiger charge is -2.19. The molecule has 1 atom stereocenters. The number of benzene rings is 1. The van der Waals surface area contributed by atoms with Crippen molar-refractivity contribution in [1.82, 2.24) is 45.0 Å². The largest absolute Gasteiger partial charge is 0.395 e. The number of rotatable bonds is 7. The molecule has 1 aromatic carbocycles. The van der Waals surface area contributed by atoms with E-state index in [1.165, 1.54) is 5.69 Å². The van der Waals surface area contributed by atoms with Crippen LogP contribution in [0.3, 0.4) is 0 Å². The second-order valence-electron chi connectivity index (χ2n) is 11.7. The Labute approximate surface area is 238 Å². The molecule has 3 aromatic heterocycles. The normalized spacial score (nSPS) is 17.1. The second kappa shape index (κ2) is 11.0. The number of aryl methyl sites for hydroxylation is 1. The number of fused-ring (bicyclic) bond motifs is 2. The summed E-state index contributed by atoms with van der Waals surface area (Å²) in [5, 5.41) is 28.9. The highest BCUT2D eigenvalue weighted by atomic mass is 16.3. The third kappa shape index (κ3) is 5.70. The molecule has 1 amide bonds. The van der Waals surface area contributed by atoms with Gasteiger partial charge in [0.2, 0.25) is 5.95 Å². The molecule has 0 saturated heterocycles. The van der Waals surface area contributed by atoms with Crippen LogP contribution in [0, 0.1) is 0 Å². The molecule has 0 bridgehead atoms. The molecule has 41 heavy (non-hydrogen) atoms. The molecule has 214 valence electrons. The number of nitrogens with one attached hydrogen (secondary N) is 2. The van der Waals surface area contributed by atoms with Crippen molar-refractivity contribution < 1.29 is 9.90 Å². The number of carbonyl (C=O) groups is 1. The summed E-state index contributed by atoms with van der Waals surface area (Å²) in [5.41, 5.74) is 6.04. The Morgan fingerprint density at radius 2 is 2.07 bits per heavy atom. The smallest absolute Gasteiger partial charge is 0.273 e. The van der Waals surface area contributed by atoms with Crippen molar-refractivity contribution in [2.75, 3.05) is 25.0 Å². The minimum atomic E-state index is -0.267. The van der Waals surface area contributed by atoms with Gasteiger partial charge in [0, 0.05) is 37.9 Å². The summed E-state index contributed by atoms with van der Waals surface area (Å²) < 4.78 is 3.72. The minimum absolute atomic E-state index is 0.0709. The maximum absolute atomic E-state index is 13.2. The number of anilines is 2. The molecule has 0 spiro atoms. The zero-order valence-electron chi connectivity index (χ0n) is 23.7. The summed E-state index contributed by atoms with van der Waals surface area (Å²) in [4.78, 5) is 24.6. The van der Waals surface area contributed by atoms with Gasteiger partial charge in [-0.3, -0.25) is 14.4 Å². The standard InChI is InChI=1S/C29H36N10O2/c1-29(2,3)39-18-25(35-36-39)27(41)32-23-9-12-37(13-14-40)17-20-15-19(6-7-21(20)23)22-8-10-30-28(33-22)34-24-16-31-38-11-4-5-26(24)38/h6-8,10,15-16,18,23,40H,4-5,9,11-14,17H2,1-3H3,(H,32,41)(H,30,33,34)/t23-/m0/s1. The van der Waals surface area contributed by atoms with Crippen LogP contribution in [0.4, 0.5) is 11.6 Å². The number of amides is 1. The number of aliphatic hydroxyl groups is 1. The van der Waals surface area contributed by atoms with E-state index >= 15 is 0 Å². The number of nitrogens with zero attached hydrogens (tertiary/aromatic N) is 8. The second-order valence-corrected chi connectivity index (χ2v) is 11.7. The molecule has 6 rings (SSSR count). The predicted molar refractivity (Wildman–Crippen MR) is 154 cm³/mol. The van der Waals surface area contributed by atoms with Crippen molar-refractivity contribution in [1.29, 1.82) is 0 Å². The Balaban J connectivity index is 1.26. The van der Waals surface area contributed by atoms with Crippen molar-refractivity contribution in [3.05, 3.63) is 65.4 Å². The average molecular weight is 557 g/mol. The van der Waals surface area contributed by atoms with E-state index in [2.05, 4.69) is 48.1 Å². The van der Waals surface area contributed by atoms with Gasteiger partial charge in [-0.15, -0.1) is 5.10 Å². The number of hydrogen-bond donors (Lipinski definition) is 3. The lowest BCUT2D eigenvalue weighted by atomic mass is 9.96. The van der Waals surface area contributed by atoms with Crippen molar-refractivity contribution in [3.8, 4) is 11.3 Å². The molecule has 3 N–H and O–H groups in total. The van der Waals surface area contributed by atoms with Gasteiger partial charge >= 0.3 is 0 Å². The molecule has 0 saturated carbocycles. The van der Waals surface area contributed by atoms with Crippen LogP contribution in [0.5, 0.6) is 0 Å². The minimum Gasteiger partial charge on any atom is -0.395 e. The number of aromatic nitrogens is 7. The predicted octanol–water partition coefficient (Wildman–Crippen LogP) is 3.05. The molecule has 2 aliphatic heterocycles. The van der Waals surface area contributed by atoms with Gasteiger partial charge in [-0.05, 0) is 63.3 Å². The summed E-state index contributed by atoms with van der Waals surface area (Å²) in [5.74, 6) is 0.268. The van der Waals surface area contributed by atoms with Crippen LogP contribution in [0.1, 0.15) is 67.0 Å². The van der Waals surface area contributed by atoms with Gasteiger partial charge in [-0.2, -0.15) is 5.10 Å². The molecule has 0 radical (unpaired) electrons. The number of aliphatic hydroxyl groups excluding tert-OH is 1. The average Bonchev–Trinajstić information content (AvgIpc) is 3.68. The molecule has 12 heteroatoms. The summed E-state index contributed by atoms with van der Waals surface area (Å²) in [7, 11) is 0. The van der Waals surface area contributed by atoms with Gasteiger partial charge in [-0.1, -0.05) is 17.3 Å². The van der Waals surface area contributed by atoms with Crippen molar-refractivity contribution >= 4 is 17.5 Å². The third-order valence-electron chi connectivity index (χ3n) is 7.71. The summed E-state index contributed by atoms with van der Waals surface area (Å²) in [6.45, 7) is 9.01. The van der Waals surface area contributed by atoms with E-state index in [4.69, 9.17) is 4.98 Å². The van der Waals surface area contributed by atoms with Crippen LogP contribution in [0.15, 0.2) is 42.9 Å². The maximum Gasteiger partial charge on any atom is 0.273 e. The van der Waals surface area contributed by atoms with Crippen molar-refractivity contribution in [3.63, 3.8) is 0 Å². The van der Waals surface area contributed by atoms with E-state index in [9.17, 15) is 9.90 Å². The Hall–Kier alpha value is -4.16. The van der Waals surface area contributed by atoms with Crippen molar-refractivity contribution in [2.45, 2.75) is 64.7 Å². The summed E-state index contributed by atoms with van der Waals surface area (Å²) in [6, 6.07) is 7.93. The zero-order valence-corrected chi connectivity index (χ0v) is 23.7. The molecule has 0 unspecified atom stereocenters. The Morgan fingerprint density at radius 3 is 2.88 bits per heavy atom. The van der Waals surface area contributed by atoms with Gasteiger partial charge in [0.05, 0.1) is 47.7 Å². The summed E-state index contributed by atoms with van der Waals surface area (Å²) in [6.07, 6.45) is 8.08. The topological polar surface area (TPSA) is 139 Å². The van der Waals surface area contributed by atoms with Gasteiger partial charge in [-0.25, -0.2) is 14.6 Å². The van der Waals surface area contributed by atoms with Gasteiger partial charge in [0.25, 0.3) is 5.91 Å². The first-order chi connectivity index (χ1) is 19.8. The van der Waals surface area contributed by atoms with E-state index in [1.807, 2.05) is 43.8 Å². The Kier molecular flexibility index (Phi) is 7.26. The Bertz CT molecular complexity index is 1550. The van der Waals surface area contributed by atoms with Crippen LogP contribution in [0.2, 0.25) is 0 Å². The fraction of sp³-hybridized carbons (Fsp3) is 0.448. The first-order valence-corrected chi connectivity index (χ1v) is 14.1. The molecule has 0 aliphatic carbocycles. The highest BCUT2D eigenvalue weighted by molar-refractivity contribution is 5.92. The maximum atomic E-state index is 13.2. The van der Waals surface area contributed by atoms with Crippen LogP contribution in [0.25, 0.3) is 11.3 Å². The van der Waals surface area contributed by atoms with Crippen LogP contribution in [-0.4, -0.2) is 70.4 Å². The molecule has 4 aromatic rings. The first-order valence-electron chi connectivity index (χ1n) is 14.1. The van der Waals surface area contributed by atoms with E-state index in [1.54, 1.807) is 17.1 Å². The Morgan fingerprint density at radius 1 is 1.20 bits per heavy atom. The monoisotopic (exact) mass is 556 g/mol. The molecule has 12 nitrogen and oxygen atoms in total. The van der Waals surface area contributed by atoms with E-state index in [-0.39, 0.29) is 24.1 Å². The van der Waals surface area contributed by atoms with Crippen LogP contribution < -0.4 is 10.6 Å². The van der Waals surface area contributed by atoms with Crippen LogP contribution >= 0.6 is 0 Å². The van der Waals surface area contributed by atoms with E-state index in [0.717, 1.165) is 54.0 Å². The fourth-order valence-corrected chi connectivity index (χ4v) is 5.51. The van der Waals surface area contributed by atoms with Crippen molar-refractivity contribution in [2.24, 2.45) is 0 Å². The first kappa shape index (κ1) is 27.0. The summed E-state index contributed by atoms with van der Waals surface area (Å²) >= 11 is 0. The van der Waals surface area contributed by atoms with E-state index in [0.29, 0.717) is 31.2 Å². The van der Waals surface area contributed by atoms with Gasteiger partial charge in [0.15, 0.2) is 5.69 Å². The molecular formula is C29H36N10O2. The molecule has 5 heterocycles. The lowest BCUT2D eigenvalue weighted by Crippen LogP contribution is -2.31. The highest BCUT2D eigenvalue weighted by Crippen LogP contribution is 2.31. The van der Waals surface area contributed by atoms with Gasteiger partial charge < -0.3 is 15.7 Å². The third-order valence-corrected chi connectivity index (χ3v) is 7.71. The zero-order chi connectivity index (χ0) is 28.6. The molecular weight excluding hydrogens is 520 g/mol. The quantitative estimate of drug-likeness (QED) is 0.313. The molecule has 0 fully saturated rings. The highest BCUT2D eigenvalue weighted by Gasteiger charge is 2.26. The number of carbonyl (C=O) groups excluding carboxylic acids is 1. The number of β-amino-alcohol motifs (C(OH)–C–C–N with tert-alkyl or cyclic N) is 1. The van der Waals surface area contributed by atoms with E-state index < -0.39 is 0 Å². The fourth-order valence-electron chi connectivity index (χ4n) is 5.51. The lowest BCUT2D eigenvalue weighted by molar-refractivity contribution is 0.0926. The SMILES string of the molecule is CC(C)(C)n1cc(C(=O)N[C@H]2CCN(CCO)Cc3cc(-c4ccnc(Nc5cnn6c5CCC6)n4)ccc32)nn1. The van der Waals surface area contributed by atoms with Crippen LogP contribution in [-0.2, 0) is 25.0 Å². The number of hydrogen-bond acceptors (Lipinski definition) is 9. The van der Waals surface area contributed by atoms with Gasteiger partial charge in [0.1, 0.15) is 0 Å². The molecule has 2 aliphatic rings.